The molecular formula is C12H23N. The highest BCUT2D eigenvalue weighted by Crippen LogP contribution is 2.14. The molecule has 0 fully saturated rings. The van der Waals surface area contributed by atoms with Crippen molar-refractivity contribution in [2.75, 3.05) is 7.05 Å². The van der Waals surface area contributed by atoms with Gasteiger partial charge in [0.05, 0.1) is 0 Å². The van der Waals surface area contributed by atoms with Crippen LogP contribution in [-0.4, -0.2) is 7.05 Å². The highest BCUT2D eigenvalue weighted by atomic mass is 14.8. The summed E-state index contributed by atoms with van der Waals surface area (Å²) in [5.74, 6) is 0.689. The van der Waals surface area contributed by atoms with E-state index in [0.29, 0.717) is 5.92 Å². The van der Waals surface area contributed by atoms with Crippen molar-refractivity contribution < 1.29 is 0 Å². The van der Waals surface area contributed by atoms with Crippen molar-refractivity contribution in [3.05, 3.63) is 23.4 Å². The molecule has 0 aliphatic carbocycles. The van der Waals surface area contributed by atoms with Gasteiger partial charge in [-0.1, -0.05) is 32.4 Å². The van der Waals surface area contributed by atoms with Crippen molar-refractivity contribution in [1.82, 2.24) is 5.32 Å². The van der Waals surface area contributed by atoms with Gasteiger partial charge in [0.2, 0.25) is 0 Å². The zero-order valence-corrected chi connectivity index (χ0v) is 9.65. The van der Waals surface area contributed by atoms with E-state index in [1.165, 1.54) is 17.7 Å². The Labute approximate surface area is 82.9 Å². The molecule has 0 heterocycles. The fourth-order valence-electron chi connectivity index (χ4n) is 1.16. The second kappa shape index (κ2) is 6.76. The van der Waals surface area contributed by atoms with E-state index < -0.39 is 0 Å². The SMILES string of the molecule is CC/C=C(\C=C(/C)C(C)CC)NC. The lowest BCUT2D eigenvalue weighted by Gasteiger charge is -2.10. The van der Waals surface area contributed by atoms with E-state index in [2.05, 4.69) is 45.2 Å². The molecule has 0 aromatic heterocycles. The van der Waals surface area contributed by atoms with Crippen LogP contribution >= 0.6 is 0 Å². The minimum absolute atomic E-state index is 0.689. The summed E-state index contributed by atoms with van der Waals surface area (Å²) in [6, 6.07) is 0. The smallest absolute Gasteiger partial charge is 0.0296 e. The van der Waals surface area contributed by atoms with Crippen LogP contribution in [0.2, 0.25) is 0 Å². The van der Waals surface area contributed by atoms with Crippen molar-refractivity contribution in [2.24, 2.45) is 5.92 Å². The van der Waals surface area contributed by atoms with Gasteiger partial charge in [0.1, 0.15) is 0 Å². The highest BCUT2D eigenvalue weighted by Gasteiger charge is 2.00. The van der Waals surface area contributed by atoms with Gasteiger partial charge in [-0.15, -0.1) is 0 Å². The van der Waals surface area contributed by atoms with Gasteiger partial charge in [-0.2, -0.15) is 0 Å². The number of rotatable bonds is 5. The quantitative estimate of drug-likeness (QED) is 0.640. The summed E-state index contributed by atoms with van der Waals surface area (Å²) in [5.41, 5.74) is 2.69. The lowest BCUT2D eigenvalue weighted by molar-refractivity contribution is 0.654. The average Bonchev–Trinajstić information content (AvgIpc) is 2.15. The summed E-state index contributed by atoms with van der Waals surface area (Å²) in [6.07, 6.45) is 6.76. The van der Waals surface area contributed by atoms with Gasteiger partial charge >= 0.3 is 0 Å². The van der Waals surface area contributed by atoms with Crippen LogP contribution in [0.4, 0.5) is 0 Å². The standard InChI is InChI=1S/C12H23N/c1-6-8-12(13-5)9-11(4)10(3)7-2/h8-10,13H,6-7H2,1-5H3/b11-9+,12-8+. The topological polar surface area (TPSA) is 12.0 Å². The van der Waals surface area contributed by atoms with Crippen molar-refractivity contribution in [3.63, 3.8) is 0 Å². The molecule has 0 bridgehead atoms. The van der Waals surface area contributed by atoms with Crippen LogP contribution in [-0.2, 0) is 0 Å². The molecule has 0 rings (SSSR count). The summed E-state index contributed by atoms with van der Waals surface area (Å²) in [6.45, 7) is 8.86. The molecule has 0 spiro atoms. The van der Waals surface area contributed by atoms with Gasteiger partial charge < -0.3 is 5.32 Å². The Morgan fingerprint density at radius 2 is 2.00 bits per heavy atom. The molecule has 0 radical (unpaired) electrons. The van der Waals surface area contributed by atoms with E-state index in [1.807, 2.05) is 7.05 Å². The first-order valence-electron chi connectivity index (χ1n) is 5.21. The van der Waals surface area contributed by atoms with E-state index in [4.69, 9.17) is 0 Å². The van der Waals surface area contributed by atoms with Crippen LogP contribution in [0.5, 0.6) is 0 Å². The molecule has 1 nitrogen and oxygen atoms in total. The minimum Gasteiger partial charge on any atom is -0.388 e. The number of allylic oxidation sites excluding steroid dienone is 3. The second-order valence-electron chi connectivity index (χ2n) is 3.52. The van der Waals surface area contributed by atoms with Crippen LogP contribution < -0.4 is 5.32 Å². The van der Waals surface area contributed by atoms with Crippen LogP contribution in [0, 0.1) is 5.92 Å². The van der Waals surface area contributed by atoms with Crippen molar-refractivity contribution in [1.29, 1.82) is 0 Å². The summed E-state index contributed by atoms with van der Waals surface area (Å²) >= 11 is 0. The molecule has 0 aliphatic rings. The van der Waals surface area contributed by atoms with Crippen molar-refractivity contribution in [2.45, 2.75) is 40.5 Å². The first-order valence-corrected chi connectivity index (χ1v) is 5.21. The molecule has 1 atom stereocenters. The van der Waals surface area contributed by atoms with Crippen LogP contribution in [0.3, 0.4) is 0 Å². The van der Waals surface area contributed by atoms with Crippen molar-refractivity contribution in [3.8, 4) is 0 Å². The van der Waals surface area contributed by atoms with E-state index >= 15 is 0 Å². The largest absolute Gasteiger partial charge is 0.388 e. The summed E-state index contributed by atoms with van der Waals surface area (Å²) in [7, 11) is 1.97. The molecule has 0 aromatic rings. The molecule has 13 heavy (non-hydrogen) atoms. The maximum Gasteiger partial charge on any atom is 0.0296 e. The van der Waals surface area contributed by atoms with Crippen molar-refractivity contribution >= 4 is 0 Å². The van der Waals surface area contributed by atoms with E-state index in [-0.39, 0.29) is 0 Å². The van der Waals surface area contributed by atoms with E-state index in [9.17, 15) is 0 Å². The maximum atomic E-state index is 3.20. The predicted octanol–water partition coefficient (Wildman–Crippen LogP) is 3.49. The number of hydrogen-bond donors (Lipinski definition) is 1. The van der Waals surface area contributed by atoms with Gasteiger partial charge in [-0.05, 0) is 31.8 Å². The van der Waals surface area contributed by atoms with Crippen LogP contribution in [0.25, 0.3) is 0 Å². The third kappa shape index (κ3) is 4.76. The molecular weight excluding hydrogens is 158 g/mol. The molecule has 0 saturated heterocycles. The fourth-order valence-corrected chi connectivity index (χ4v) is 1.16. The number of nitrogens with one attached hydrogen (secondary N) is 1. The molecule has 0 aliphatic heterocycles. The maximum absolute atomic E-state index is 3.20. The van der Waals surface area contributed by atoms with Crippen LogP contribution in [0.15, 0.2) is 23.4 Å². The van der Waals surface area contributed by atoms with Crippen LogP contribution in [0.1, 0.15) is 40.5 Å². The highest BCUT2D eigenvalue weighted by molar-refractivity contribution is 5.21. The van der Waals surface area contributed by atoms with E-state index in [1.54, 1.807) is 0 Å². The Bertz CT molecular complexity index is 189. The molecule has 0 saturated carbocycles. The van der Waals surface area contributed by atoms with E-state index in [0.717, 1.165) is 6.42 Å². The number of likely N-dealkylation sites (N-methyl/N-ethyl adjacent to an activating group) is 1. The van der Waals surface area contributed by atoms with Gasteiger partial charge in [0.15, 0.2) is 0 Å². The Hall–Kier alpha value is -0.720. The van der Waals surface area contributed by atoms with Gasteiger partial charge in [-0.25, -0.2) is 0 Å². The lowest BCUT2D eigenvalue weighted by atomic mass is 9.99. The average molecular weight is 181 g/mol. The molecule has 1 unspecified atom stereocenters. The Morgan fingerprint density at radius 1 is 1.38 bits per heavy atom. The third-order valence-electron chi connectivity index (χ3n) is 2.49. The summed E-state index contributed by atoms with van der Waals surface area (Å²) in [4.78, 5) is 0. The normalized spacial score (nSPS) is 15.8. The summed E-state index contributed by atoms with van der Waals surface area (Å²) in [5, 5.41) is 3.20. The fraction of sp³-hybridized carbons (Fsp3) is 0.667. The molecule has 1 N–H and O–H groups in total. The zero-order chi connectivity index (χ0) is 10.3. The molecule has 0 amide bonds. The molecule has 1 heteroatoms. The van der Waals surface area contributed by atoms with Gasteiger partial charge in [-0.3, -0.25) is 0 Å². The second-order valence-corrected chi connectivity index (χ2v) is 3.52. The Balaban J connectivity index is 4.41. The monoisotopic (exact) mass is 181 g/mol. The Morgan fingerprint density at radius 3 is 2.38 bits per heavy atom. The number of hydrogen-bond acceptors (Lipinski definition) is 1. The van der Waals surface area contributed by atoms with Gasteiger partial charge in [0.25, 0.3) is 0 Å². The third-order valence-corrected chi connectivity index (χ3v) is 2.49. The molecule has 0 aromatic carbocycles. The first-order chi connectivity index (χ1) is 6.15. The lowest BCUT2D eigenvalue weighted by Crippen LogP contribution is -2.05. The predicted molar refractivity (Wildman–Crippen MR) is 60.6 cm³/mol. The van der Waals surface area contributed by atoms with Gasteiger partial charge in [0, 0.05) is 12.7 Å². The minimum atomic E-state index is 0.689. The zero-order valence-electron chi connectivity index (χ0n) is 9.65. The first kappa shape index (κ1) is 12.3. The Kier molecular flexibility index (Phi) is 6.38. The summed E-state index contributed by atoms with van der Waals surface area (Å²) < 4.78 is 0. The molecule has 76 valence electrons.